The van der Waals surface area contributed by atoms with Gasteiger partial charge in [0.15, 0.2) is 0 Å². The number of carbonyl (C=O) groups excluding carboxylic acids is 2. The Kier molecular flexibility index (Phi) is 3.92. The highest BCUT2D eigenvalue weighted by molar-refractivity contribution is 5.97. The molecule has 1 aromatic rings. The zero-order chi connectivity index (χ0) is 13.0. The number of anilines is 1. The van der Waals surface area contributed by atoms with E-state index in [9.17, 15) is 14.0 Å². The Hall–Kier alpha value is -1.91. The van der Waals surface area contributed by atoms with Crippen molar-refractivity contribution in [2.45, 2.75) is 19.3 Å². The molecule has 1 heterocycles. The molecule has 2 amide bonds. The molecule has 0 atom stereocenters. The molecule has 1 aromatic carbocycles. The molecule has 18 heavy (non-hydrogen) atoms. The standard InChI is InChI=1S/C13H15FN2O2/c14-6-1-7-15-13(18)10-2-4-11-9(8-10)3-5-12(17)16-11/h2,4,8H,1,3,5-7H2,(H,15,18)(H,16,17). The summed E-state index contributed by atoms with van der Waals surface area (Å²) in [5.74, 6) is -0.203. The molecule has 2 N–H and O–H groups in total. The monoisotopic (exact) mass is 250 g/mol. The van der Waals surface area contributed by atoms with Crippen molar-refractivity contribution in [1.29, 1.82) is 0 Å². The fraction of sp³-hybridized carbons (Fsp3) is 0.385. The van der Waals surface area contributed by atoms with E-state index in [-0.39, 0.29) is 11.8 Å². The van der Waals surface area contributed by atoms with Gasteiger partial charge in [-0.1, -0.05) is 0 Å². The number of carbonyl (C=O) groups is 2. The van der Waals surface area contributed by atoms with Crippen LogP contribution in [-0.2, 0) is 11.2 Å². The van der Waals surface area contributed by atoms with Gasteiger partial charge in [0, 0.05) is 24.2 Å². The predicted octanol–water partition coefficient (Wildman–Crippen LogP) is 1.66. The smallest absolute Gasteiger partial charge is 0.251 e. The Bertz CT molecular complexity index is 474. The lowest BCUT2D eigenvalue weighted by Gasteiger charge is -2.17. The van der Waals surface area contributed by atoms with E-state index in [4.69, 9.17) is 0 Å². The molecule has 2 rings (SSSR count). The van der Waals surface area contributed by atoms with E-state index in [0.717, 1.165) is 11.3 Å². The molecule has 0 fully saturated rings. The van der Waals surface area contributed by atoms with Crippen LogP contribution < -0.4 is 10.6 Å². The number of alkyl halides is 1. The highest BCUT2D eigenvalue weighted by atomic mass is 19.1. The Labute approximate surface area is 105 Å². The molecule has 0 bridgehead atoms. The van der Waals surface area contributed by atoms with Crippen LogP contribution in [0, 0.1) is 0 Å². The van der Waals surface area contributed by atoms with Crippen LogP contribution in [0.2, 0.25) is 0 Å². The van der Waals surface area contributed by atoms with E-state index in [0.29, 0.717) is 31.4 Å². The lowest BCUT2D eigenvalue weighted by atomic mass is 10.00. The molecule has 0 saturated heterocycles. The SMILES string of the molecule is O=C1CCc2cc(C(=O)NCCCF)ccc2N1. The third-order valence-corrected chi connectivity index (χ3v) is 2.86. The van der Waals surface area contributed by atoms with Crippen molar-refractivity contribution >= 4 is 17.5 Å². The highest BCUT2D eigenvalue weighted by Gasteiger charge is 2.16. The van der Waals surface area contributed by atoms with Gasteiger partial charge in [0.25, 0.3) is 5.91 Å². The summed E-state index contributed by atoms with van der Waals surface area (Å²) in [5, 5.41) is 5.41. The molecule has 0 unspecified atom stereocenters. The van der Waals surface area contributed by atoms with Crippen molar-refractivity contribution in [3.05, 3.63) is 29.3 Å². The lowest BCUT2D eigenvalue weighted by molar-refractivity contribution is -0.116. The van der Waals surface area contributed by atoms with Gasteiger partial charge < -0.3 is 10.6 Å². The maximum Gasteiger partial charge on any atom is 0.251 e. The van der Waals surface area contributed by atoms with E-state index in [1.165, 1.54) is 0 Å². The van der Waals surface area contributed by atoms with E-state index in [1.54, 1.807) is 18.2 Å². The maximum atomic E-state index is 11.9. The Morgan fingerprint density at radius 2 is 2.22 bits per heavy atom. The van der Waals surface area contributed by atoms with Crippen LogP contribution in [0.25, 0.3) is 0 Å². The molecule has 0 aliphatic carbocycles. The van der Waals surface area contributed by atoms with Crippen LogP contribution in [0.1, 0.15) is 28.8 Å². The minimum Gasteiger partial charge on any atom is -0.352 e. The van der Waals surface area contributed by atoms with Gasteiger partial charge in [-0.2, -0.15) is 0 Å². The van der Waals surface area contributed by atoms with Gasteiger partial charge in [-0.15, -0.1) is 0 Å². The molecule has 1 aliphatic rings. The van der Waals surface area contributed by atoms with E-state index in [2.05, 4.69) is 10.6 Å². The lowest BCUT2D eigenvalue weighted by Crippen LogP contribution is -2.25. The molecule has 0 radical (unpaired) electrons. The quantitative estimate of drug-likeness (QED) is 0.798. The van der Waals surface area contributed by atoms with Gasteiger partial charge in [0.05, 0.1) is 6.67 Å². The molecule has 5 heteroatoms. The third kappa shape index (κ3) is 2.85. The maximum absolute atomic E-state index is 11.9. The zero-order valence-electron chi connectivity index (χ0n) is 9.96. The number of amides is 2. The predicted molar refractivity (Wildman–Crippen MR) is 66.3 cm³/mol. The second-order valence-corrected chi connectivity index (χ2v) is 4.22. The minimum atomic E-state index is -0.434. The number of rotatable bonds is 4. The summed E-state index contributed by atoms with van der Waals surface area (Å²) in [5.41, 5.74) is 2.28. The average molecular weight is 250 g/mol. The van der Waals surface area contributed by atoms with Crippen molar-refractivity contribution in [2.75, 3.05) is 18.5 Å². The molecule has 0 saturated carbocycles. The van der Waals surface area contributed by atoms with Crippen molar-refractivity contribution in [3.8, 4) is 0 Å². The number of benzene rings is 1. The van der Waals surface area contributed by atoms with Gasteiger partial charge in [-0.25, -0.2) is 0 Å². The van der Waals surface area contributed by atoms with Crippen molar-refractivity contribution < 1.29 is 14.0 Å². The fourth-order valence-electron chi connectivity index (χ4n) is 1.90. The summed E-state index contributed by atoms with van der Waals surface area (Å²) in [4.78, 5) is 22.9. The molecule has 96 valence electrons. The minimum absolute atomic E-state index is 0.00245. The summed E-state index contributed by atoms with van der Waals surface area (Å²) in [6.45, 7) is -0.0976. The van der Waals surface area contributed by atoms with Gasteiger partial charge >= 0.3 is 0 Å². The summed E-state index contributed by atoms with van der Waals surface area (Å²) in [7, 11) is 0. The number of hydrogen-bond acceptors (Lipinski definition) is 2. The van der Waals surface area contributed by atoms with Gasteiger partial charge in [-0.05, 0) is 36.6 Å². The van der Waals surface area contributed by atoms with Crippen LogP contribution in [0.4, 0.5) is 10.1 Å². The van der Waals surface area contributed by atoms with Crippen LogP contribution in [0.3, 0.4) is 0 Å². The van der Waals surface area contributed by atoms with Crippen LogP contribution in [0.15, 0.2) is 18.2 Å². The summed E-state index contributed by atoms with van der Waals surface area (Å²) >= 11 is 0. The number of halogens is 1. The Morgan fingerprint density at radius 3 is 3.00 bits per heavy atom. The normalized spacial score (nSPS) is 13.7. The summed E-state index contributed by atoms with van der Waals surface area (Å²) in [6.07, 6.45) is 1.42. The summed E-state index contributed by atoms with van der Waals surface area (Å²) < 4.78 is 11.9. The molecule has 0 spiro atoms. The number of hydrogen-bond donors (Lipinski definition) is 2. The van der Waals surface area contributed by atoms with Gasteiger partial charge in [-0.3, -0.25) is 14.0 Å². The Balaban J connectivity index is 2.06. The molecular weight excluding hydrogens is 235 g/mol. The fourth-order valence-corrected chi connectivity index (χ4v) is 1.90. The molecular formula is C13H15FN2O2. The second-order valence-electron chi connectivity index (χ2n) is 4.22. The number of nitrogens with one attached hydrogen (secondary N) is 2. The highest BCUT2D eigenvalue weighted by Crippen LogP contribution is 2.23. The van der Waals surface area contributed by atoms with Gasteiger partial charge in [0.1, 0.15) is 0 Å². The number of fused-ring (bicyclic) bond motifs is 1. The Morgan fingerprint density at radius 1 is 1.39 bits per heavy atom. The van der Waals surface area contributed by atoms with E-state index in [1.807, 2.05) is 0 Å². The third-order valence-electron chi connectivity index (χ3n) is 2.86. The molecule has 0 aromatic heterocycles. The van der Waals surface area contributed by atoms with Gasteiger partial charge in [0.2, 0.25) is 5.91 Å². The largest absolute Gasteiger partial charge is 0.352 e. The second kappa shape index (κ2) is 5.62. The first kappa shape index (κ1) is 12.5. The van der Waals surface area contributed by atoms with E-state index >= 15 is 0 Å². The van der Waals surface area contributed by atoms with Crippen molar-refractivity contribution in [2.24, 2.45) is 0 Å². The van der Waals surface area contributed by atoms with Crippen molar-refractivity contribution in [1.82, 2.24) is 5.32 Å². The first-order chi connectivity index (χ1) is 8.70. The van der Waals surface area contributed by atoms with Crippen LogP contribution >= 0.6 is 0 Å². The topological polar surface area (TPSA) is 58.2 Å². The van der Waals surface area contributed by atoms with Crippen LogP contribution in [-0.4, -0.2) is 25.0 Å². The molecule has 4 nitrogen and oxygen atoms in total. The van der Waals surface area contributed by atoms with Crippen LogP contribution in [0.5, 0.6) is 0 Å². The van der Waals surface area contributed by atoms with Crippen molar-refractivity contribution in [3.63, 3.8) is 0 Å². The van der Waals surface area contributed by atoms with E-state index < -0.39 is 6.67 Å². The number of aryl methyl sites for hydroxylation is 1. The first-order valence-corrected chi connectivity index (χ1v) is 5.97. The average Bonchev–Trinajstić information content (AvgIpc) is 2.38. The zero-order valence-corrected chi connectivity index (χ0v) is 9.96. The first-order valence-electron chi connectivity index (χ1n) is 5.97. The molecule has 1 aliphatic heterocycles. The summed E-state index contributed by atoms with van der Waals surface area (Å²) in [6, 6.07) is 5.17.